The summed E-state index contributed by atoms with van der Waals surface area (Å²) in [5.41, 5.74) is 9.79. The van der Waals surface area contributed by atoms with Crippen molar-refractivity contribution in [2.45, 2.75) is 12.8 Å². The molecule has 2 aromatic rings. The molecular weight excluding hydrogens is 286 g/mol. The van der Waals surface area contributed by atoms with E-state index in [1.807, 2.05) is 6.07 Å². The Morgan fingerprint density at radius 3 is 2.26 bits per heavy atom. The first kappa shape index (κ1) is 15.0. The van der Waals surface area contributed by atoms with Crippen molar-refractivity contribution in [1.82, 2.24) is 0 Å². The number of anilines is 1. The van der Waals surface area contributed by atoms with E-state index in [0.29, 0.717) is 46.3 Å². The van der Waals surface area contributed by atoms with Gasteiger partial charge in [-0.25, -0.2) is 0 Å². The third-order valence-corrected chi connectivity index (χ3v) is 4.16. The van der Waals surface area contributed by atoms with Crippen molar-refractivity contribution in [3.8, 4) is 0 Å². The molecule has 0 radical (unpaired) electrons. The van der Waals surface area contributed by atoms with Crippen molar-refractivity contribution >= 4 is 17.3 Å². The topological polar surface area (TPSA) is 60.2 Å². The zero-order valence-electron chi connectivity index (χ0n) is 12.8. The molecule has 0 spiro atoms. The summed E-state index contributed by atoms with van der Waals surface area (Å²) in [4.78, 5) is 26.0. The fourth-order valence-corrected chi connectivity index (χ4v) is 3.13. The molecule has 0 atom stereocenters. The molecule has 0 aliphatic heterocycles. The van der Waals surface area contributed by atoms with Crippen LogP contribution in [0.1, 0.15) is 43.0 Å². The molecule has 0 unspecified atom stereocenters. The van der Waals surface area contributed by atoms with Gasteiger partial charge in [-0.15, -0.1) is 13.2 Å². The van der Waals surface area contributed by atoms with Gasteiger partial charge in [-0.3, -0.25) is 9.59 Å². The smallest absolute Gasteiger partial charge is 0.195 e. The highest BCUT2D eigenvalue weighted by atomic mass is 16.1. The molecule has 0 amide bonds. The maximum absolute atomic E-state index is 13.1. The van der Waals surface area contributed by atoms with E-state index < -0.39 is 0 Å². The zero-order chi connectivity index (χ0) is 16.6. The van der Waals surface area contributed by atoms with Crippen molar-refractivity contribution in [1.29, 1.82) is 0 Å². The number of rotatable bonds is 4. The molecule has 23 heavy (non-hydrogen) atoms. The number of fused-ring (bicyclic) bond motifs is 2. The van der Waals surface area contributed by atoms with Crippen LogP contribution in [-0.2, 0) is 12.8 Å². The molecule has 0 aromatic heterocycles. The Bertz CT molecular complexity index is 862. The van der Waals surface area contributed by atoms with Crippen LogP contribution in [0.25, 0.3) is 0 Å². The normalized spacial score (nSPS) is 12.5. The molecule has 0 saturated heterocycles. The van der Waals surface area contributed by atoms with Gasteiger partial charge in [0.2, 0.25) is 0 Å². The fraction of sp³-hybridized carbons (Fsp3) is 0.100. The summed E-state index contributed by atoms with van der Waals surface area (Å²) in [6.07, 6.45) is 4.41. The summed E-state index contributed by atoms with van der Waals surface area (Å²) in [6.45, 7) is 7.44. The Morgan fingerprint density at radius 1 is 0.870 bits per heavy atom. The summed E-state index contributed by atoms with van der Waals surface area (Å²) in [5, 5.41) is 0. The van der Waals surface area contributed by atoms with E-state index >= 15 is 0 Å². The average molecular weight is 303 g/mol. The molecule has 3 nitrogen and oxygen atoms in total. The number of ketones is 2. The number of allylic oxidation sites excluding steroid dienone is 2. The first-order chi connectivity index (χ1) is 11.1. The molecule has 114 valence electrons. The van der Waals surface area contributed by atoms with Gasteiger partial charge in [0.05, 0.1) is 0 Å². The average Bonchev–Trinajstić information content (AvgIpc) is 2.55. The van der Waals surface area contributed by atoms with Crippen molar-refractivity contribution < 1.29 is 9.59 Å². The van der Waals surface area contributed by atoms with Crippen LogP contribution in [0.2, 0.25) is 0 Å². The highest BCUT2D eigenvalue weighted by Gasteiger charge is 2.33. The first-order valence-corrected chi connectivity index (χ1v) is 7.44. The Hall–Kier alpha value is -2.94. The zero-order valence-corrected chi connectivity index (χ0v) is 12.8. The van der Waals surface area contributed by atoms with Gasteiger partial charge in [-0.2, -0.15) is 0 Å². The maximum atomic E-state index is 13.1. The third-order valence-electron chi connectivity index (χ3n) is 4.16. The van der Waals surface area contributed by atoms with E-state index in [9.17, 15) is 9.59 Å². The van der Waals surface area contributed by atoms with Gasteiger partial charge in [0, 0.05) is 27.9 Å². The number of nitrogen functional groups attached to an aromatic ring is 1. The number of nitrogens with two attached hydrogens (primary N) is 1. The van der Waals surface area contributed by atoms with E-state index in [-0.39, 0.29) is 11.6 Å². The quantitative estimate of drug-likeness (QED) is 0.593. The second-order valence-corrected chi connectivity index (χ2v) is 5.54. The van der Waals surface area contributed by atoms with Crippen LogP contribution in [0.3, 0.4) is 0 Å². The largest absolute Gasteiger partial charge is 0.398 e. The number of carbonyl (C=O) groups excluding carboxylic acids is 2. The van der Waals surface area contributed by atoms with Crippen LogP contribution >= 0.6 is 0 Å². The van der Waals surface area contributed by atoms with Gasteiger partial charge < -0.3 is 5.73 Å². The number of benzene rings is 2. The minimum absolute atomic E-state index is 0.133. The molecule has 3 heteroatoms. The predicted molar refractivity (Wildman–Crippen MR) is 92.0 cm³/mol. The van der Waals surface area contributed by atoms with Crippen molar-refractivity contribution in [3.63, 3.8) is 0 Å². The lowest BCUT2D eigenvalue weighted by Gasteiger charge is -2.23. The summed E-state index contributed by atoms with van der Waals surface area (Å²) in [7, 11) is 0. The van der Waals surface area contributed by atoms with Crippen LogP contribution in [-0.4, -0.2) is 11.6 Å². The molecule has 1 aliphatic rings. The van der Waals surface area contributed by atoms with Crippen molar-refractivity contribution in [2.75, 3.05) is 5.73 Å². The molecule has 3 rings (SSSR count). The van der Waals surface area contributed by atoms with E-state index in [2.05, 4.69) is 13.2 Å². The molecule has 0 saturated carbocycles. The molecule has 0 fully saturated rings. The first-order valence-electron chi connectivity index (χ1n) is 7.44. The highest BCUT2D eigenvalue weighted by molar-refractivity contribution is 6.29. The van der Waals surface area contributed by atoms with Gasteiger partial charge in [0.25, 0.3) is 0 Å². The van der Waals surface area contributed by atoms with E-state index in [1.54, 1.807) is 36.4 Å². The van der Waals surface area contributed by atoms with Crippen LogP contribution in [0, 0.1) is 0 Å². The minimum atomic E-state index is -0.142. The summed E-state index contributed by atoms with van der Waals surface area (Å²) < 4.78 is 0. The molecule has 0 heterocycles. The standard InChI is InChI=1S/C20H17NO2/c1-3-6-12-8-5-9-14-17(12)20(23)18-13(7-4-2)16(21)11-10-15(18)19(14)22/h3-5,8-11H,1-2,6-7,21H2. The number of hydrogen-bond donors (Lipinski definition) is 1. The van der Waals surface area contributed by atoms with Crippen LogP contribution in [0.5, 0.6) is 0 Å². The minimum Gasteiger partial charge on any atom is -0.398 e. The monoisotopic (exact) mass is 303 g/mol. The SMILES string of the molecule is C=CCc1cccc2c1C(=O)c1c(ccc(N)c1CC=C)C2=O. The summed E-state index contributed by atoms with van der Waals surface area (Å²) in [6, 6.07) is 8.68. The third kappa shape index (κ3) is 2.21. The predicted octanol–water partition coefficient (Wildman–Crippen LogP) is 3.50. The summed E-state index contributed by atoms with van der Waals surface area (Å²) >= 11 is 0. The van der Waals surface area contributed by atoms with Crippen molar-refractivity contribution in [3.05, 3.63) is 89.0 Å². The summed E-state index contributed by atoms with van der Waals surface area (Å²) in [5.74, 6) is -0.276. The lowest BCUT2D eigenvalue weighted by atomic mass is 9.78. The van der Waals surface area contributed by atoms with Gasteiger partial charge in [0.1, 0.15) is 0 Å². The van der Waals surface area contributed by atoms with Gasteiger partial charge in [0.15, 0.2) is 11.6 Å². The molecule has 2 aromatic carbocycles. The number of carbonyl (C=O) groups is 2. The maximum Gasteiger partial charge on any atom is 0.195 e. The van der Waals surface area contributed by atoms with Crippen molar-refractivity contribution in [2.24, 2.45) is 0 Å². The molecular formula is C20H17NO2. The van der Waals surface area contributed by atoms with Gasteiger partial charge in [-0.1, -0.05) is 30.4 Å². The lowest BCUT2D eigenvalue weighted by molar-refractivity contribution is 0.0978. The second kappa shape index (κ2) is 5.69. The second-order valence-electron chi connectivity index (χ2n) is 5.54. The molecule has 1 aliphatic carbocycles. The van der Waals surface area contributed by atoms with Gasteiger partial charge >= 0.3 is 0 Å². The lowest BCUT2D eigenvalue weighted by Crippen LogP contribution is -2.24. The fourth-order valence-electron chi connectivity index (χ4n) is 3.13. The molecule has 2 N–H and O–H groups in total. The Labute approximate surface area is 135 Å². The van der Waals surface area contributed by atoms with Gasteiger partial charge in [-0.05, 0) is 36.1 Å². The van der Waals surface area contributed by atoms with E-state index in [1.165, 1.54) is 0 Å². The van der Waals surface area contributed by atoms with E-state index in [4.69, 9.17) is 5.73 Å². The Morgan fingerprint density at radius 2 is 1.57 bits per heavy atom. The van der Waals surface area contributed by atoms with Crippen LogP contribution < -0.4 is 5.73 Å². The number of hydrogen-bond acceptors (Lipinski definition) is 3. The van der Waals surface area contributed by atoms with Crippen LogP contribution in [0.4, 0.5) is 5.69 Å². The Balaban J connectivity index is 2.32. The van der Waals surface area contributed by atoms with Crippen LogP contribution in [0.15, 0.2) is 55.6 Å². The Kier molecular flexibility index (Phi) is 3.70. The highest BCUT2D eigenvalue weighted by Crippen LogP contribution is 2.34. The molecule has 0 bridgehead atoms. The van der Waals surface area contributed by atoms with E-state index in [0.717, 1.165) is 5.56 Å².